The van der Waals surface area contributed by atoms with E-state index in [1.807, 2.05) is 13.8 Å². The summed E-state index contributed by atoms with van der Waals surface area (Å²) in [5, 5.41) is 11.7. The van der Waals surface area contributed by atoms with Gasteiger partial charge in [-0.1, -0.05) is 5.21 Å². The van der Waals surface area contributed by atoms with Gasteiger partial charge >= 0.3 is 0 Å². The van der Waals surface area contributed by atoms with Crippen LogP contribution >= 0.6 is 0 Å². The lowest BCUT2D eigenvalue weighted by Crippen LogP contribution is -2.11. The topological polar surface area (TPSA) is 57.2 Å². The van der Waals surface area contributed by atoms with E-state index in [4.69, 9.17) is 0 Å². The van der Waals surface area contributed by atoms with Crippen LogP contribution in [0.2, 0.25) is 0 Å². The Morgan fingerprint density at radius 2 is 2.17 bits per heavy atom. The second-order valence-corrected chi connectivity index (χ2v) is 2.56. The number of aryl methyl sites for hydroxylation is 1. The van der Waals surface area contributed by atoms with Gasteiger partial charge in [-0.15, -0.1) is 10.2 Å². The monoisotopic (exact) mass is 162 g/mol. The molecule has 0 amide bonds. The van der Waals surface area contributed by atoms with Gasteiger partial charge in [0.15, 0.2) is 5.84 Å². The Labute approximate surface area is 69.8 Å². The van der Waals surface area contributed by atoms with Crippen LogP contribution in [0.15, 0.2) is 17.4 Å². The van der Waals surface area contributed by atoms with Crippen LogP contribution in [0.25, 0.3) is 0 Å². The summed E-state index contributed by atoms with van der Waals surface area (Å²) < 4.78 is 1.67. The zero-order valence-electron chi connectivity index (χ0n) is 6.89. The summed E-state index contributed by atoms with van der Waals surface area (Å²) >= 11 is 0. The molecule has 0 bridgehead atoms. The minimum absolute atomic E-state index is 0.716. The second-order valence-electron chi connectivity index (χ2n) is 2.56. The number of nitrogens with zero attached hydrogens (tertiary/aromatic N) is 5. The zero-order chi connectivity index (χ0) is 8.55. The van der Waals surface area contributed by atoms with Gasteiger partial charge in [0.2, 0.25) is 0 Å². The van der Waals surface area contributed by atoms with Crippen LogP contribution in [0.5, 0.6) is 0 Å². The predicted molar refractivity (Wildman–Crippen MR) is 43.6 cm³/mol. The molecular formula is C7H8N5. The van der Waals surface area contributed by atoms with Gasteiger partial charge in [0.25, 0.3) is 0 Å². The summed E-state index contributed by atoms with van der Waals surface area (Å²) in [5.74, 6) is 0.716. The second kappa shape index (κ2) is 2.44. The lowest BCUT2D eigenvalue weighted by atomic mass is 10.4. The van der Waals surface area contributed by atoms with Crippen LogP contribution < -0.4 is 5.43 Å². The van der Waals surface area contributed by atoms with Crippen molar-refractivity contribution in [2.45, 2.75) is 13.8 Å². The molecule has 0 saturated carbocycles. The third-order valence-electron chi connectivity index (χ3n) is 1.79. The van der Waals surface area contributed by atoms with Crippen LogP contribution in [0, 0.1) is 13.8 Å². The maximum absolute atomic E-state index is 3.92. The standard InChI is InChI=1S/C7H8N5/c1-5-6(2)12(11-9-5)7-3-4-8-10-7/h3-4H,1-2H3. The van der Waals surface area contributed by atoms with E-state index in [1.165, 1.54) is 0 Å². The van der Waals surface area contributed by atoms with E-state index in [-0.39, 0.29) is 0 Å². The van der Waals surface area contributed by atoms with Crippen molar-refractivity contribution in [3.8, 4) is 0 Å². The first kappa shape index (κ1) is 7.02. The Morgan fingerprint density at radius 1 is 1.33 bits per heavy atom. The van der Waals surface area contributed by atoms with Crippen LogP contribution in [-0.4, -0.2) is 20.8 Å². The van der Waals surface area contributed by atoms with Gasteiger partial charge in [0, 0.05) is 6.08 Å². The zero-order valence-corrected chi connectivity index (χ0v) is 6.89. The van der Waals surface area contributed by atoms with Crippen LogP contribution in [0.4, 0.5) is 0 Å². The Hall–Kier alpha value is -1.65. The van der Waals surface area contributed by atoms with Gasteiger partial charge < -0.3 is 0 Å². The maximum Gasteiger partial charge on any atom is 0.179 e. The predicted octanol–water partition coefficient (Wildman–Crippen LogP) is 0.188. The van der Waals surface area contributed by atoms with Gasteiger partial charge in [-0.3, -0.25) is 0 Å². The summed E-state index contributed by atoms with van der Waals surface area (Å²) in [6.45, 7) is 3.86. The lowest BCUT2D eigenvalue weighted by molar-refractivity contribution is 0.815. The van der Waals surface area contributed by atoms with Gasteiger partial charge in [-0.25, -0.2) is 0 Å². The molecule has 0 fully saturated rings. The van der Waals surface area contributed by atoms with E-state index in [2.05, 4.69) is 20.8 Å². The molecule has 1 aromatic rings. The van der Waals surface area contributed by atoms with E-state index < -0.39 is 0 Å². The minimum Gasteiger partial charge on any atom is -0.197 e. The molecule has 1 aliphatic rings. The SMILES string of the molecule is Cc1nnn(C2=N[N]C=C2)c1C. The molecule has 61 valence electrons. The molecule has 0 unspecified atom stereocenters. The molecule has 2 rings (SSSR count). The van der Waals surface area contributed by atoms with Gasteiger partial charge in [0.1, 0.15) is 0 Å². The summed E-state index contributed by atoms with van der Waals surface area (Å²) in [7, 11) is 0. The summed E-state index contributed by atoms with van der Waals surface area (Å²) in [6, 6.07) is 0. The molecule has 0 aliphatic carbocycles. The average Bonchev–Trinajstić information content (AvgIpc) is 2.64. The fraction of sp³-hybridized carbons (Fsp3) is 0.286. The molecule has 2 heterocycles. The smallest absolute Gasteiger partial charge is 0.179 e. The highest BCUT2D eigenvalue weighted by atomic mass is 15.5. The Kier molecular flexibility index (Phi) is 1.43. The molecule has 0 N–H and O–H groups in total. The normalized spacial score (nSPS) is 14.7. The molecule has 1 radical (unpaired) electrons. The van der Waals surface area contributed by atoms with E-state index in [0.717, 1.165) is 11.4 Å². The first-order valence-electron chi connectivity index (χ1n) is 3.62. The van der Waals surface area contributed by atoms with Crippen molar-refractivity contribution in [3.63, 3.8) is 0 Å². The number of hydrogen-bond donors (Lipinski definition) is 0. The van der Waals surface area contributed by atoms with Gasteiger partial charge in [-0.2, -0.15) is 10.1 Å². The van der Waals surface area contributed by atoms with Crippen molar-refractivity contribution < 1.29 is 0 Å². The third kappa shape index (κ3) is 0.903. The molecule has 5 heteroatoms. The lowest BCUT2D eigenvalue weighted by Gasteiger charge is -1.96. The van der Waals surface area contributed by atoms with E-state index in [9.17, 15) is 0 Å². The molecule has 0 aromatic carbocycles. The number of aromatic nitrogens is 3. The summed E-state index contributed by atoms with van der Waals surface area (Å²) in [5.41, 5.74) is 5.62. The average molecular weight is 162 g/mol. The fourth-order valence-corrected chi connectivity index (χ4v) is 0.961. The molecular weight excluding hydrogens is 154 g/mol. The molecule has 1 aromatic heterocycles. The van der Waals surface area contributed by atoms with Crippen LogP contribution in [0.3, 0.4) is 0 Å². The number of rotatable bonds is 0. The molecule has 0 saturated heterocycles. The Bertz CT molecular complexity index is 360. The summed E-state index contributed by atoms with van der Waals surface area (Å²) in [4.78, 5) is 0. The molecule has 5 nitrogen and oxygen atoms in total. The Balaban J connectivity index is 2.46. The molecule has 12 heavy (non-hydrogen) atoms. The van der Waals surface area contributed by atoms with Crippen molar-refractivity contribution in [1.29, 1.82) is 0 Å². The van der Waals surface area contributed by atoms with E-state index in [0.29, 0.717) is 5.84 Å². The van der Waals surface area contributed by atoms with Gasteiger partial charge in [-0.05, 0) is 13.8 Å². The molecule has 1 aliphatic heterocycles. The maximum atomic E-state index is 3.92. The third-order valence-corrected chi connectivity index (χ3v) is 1.79. The van der Waals surface area contributed by atoms with Crippen LogP contribution in [0.1, 0.15) is 11.4 Å². The highest BCUT2D eigenvalue weighted by Gasteiger charge is 2.10. The first-order chi connectivity index (χ1) is 5.79. The quantitative estimate of drug-likeness (QED) is 0.546. The van der Waals surface area contributed by atoms with Crippen molar-refractivity contribution >= 4 is 5.84 Å². The number of hydrogen-bond acceptors (Lipinski definition) is 3. The molecule has 0 atom stereocenters. The van der Waals surface area contributed by atoms with Crippen molar-refractivity contribution in [1.82, 2.24) is 20.4 Å². The first-order valence-corrected chi connectivity index (χ1v) is 3.62. The highest BCUT2D eigenvalue weighted by molar-refractivity contribution is 5.95. The fourth-order valence-electron chi connectivity index (χ4n) is 0.961. The molecule has 0 spiro atoms. The van der Waals surface area contributed by atoms with E-state index >= 15 is 0 Å². The van der Waals surface area contributed by atoms with E-state index in [1.54, 1.807) is 17.0 Å². The van der Waals surface area contributed by atoms with Crippen molar-refractivity contribution in [2.75, 3.05) is 0 Å². The Morgan fingerprint density at radius 3 is 2.67 bits per heavy atom. The highest BCUT2D eigenvalue weighted by Crippen LogP contribution is 2.03. The van der Waals surface area contributed by atoms with Crippen molar-refractivity contribution in [2.24, 2.45) is 5.10 Å². The van der Waals surface area contributed by atoms with Gasteiger partial charge in [0.05, 0.1) is 17.6 Å². The largest absolute Gasteiger partial charge is 0.197 e. The number of allylic oxidation sites excluding steroid dienone is 1. The van der Waals surface area contributed by atoms with Crippen LogP contribution in [-0.2, 0) is 0 Å². The minimum atomic E-state index is 0.716. The van der Waals surface area contributed by atoms with Crippen molar-refractivity contribution in [3.05, 3.63) is 23.7 Å². The summed E-state index contributed by atoms with van der Waals surface area (Å²) in [6.07, 6.45) is 3.42.